The zero-order chi connectivity index (χ0) is 14.7. The van der Waals surface area contributed by atoms with E-state index >= 15 is 0 Å². The first-order chi connectivity index (χ1) is 9.01. The number of rotatable bonds is 12. The van der Waals surface area contributed by atoms with E-state index in [9.17, 15) is 5.11 Å². The van der Waals surface area contributed by atoms with Gasteiger partial charge in [-0.05, 0) is 0 Å². The van der Waals surface area contributed by atoms with Gasteiger partial charge in [-0.25, -0.2) is 0 Å². The van der Waals surface area contributed by atoms with E-state index in [1.165, 1.54) is 56.3 Å². The zero-order valence-corrected chi connectivity index (χ0v) is 16.7. The van der Waals surface area contributed by atoms with Crippen LogP contribution in [0.5, 0.6) is 0 Å². The Bertz CT molecular complexity index is 214. The van der Waals surface area contributed by atoms with Crippen LogP contribution in [0.2, 0.25) is 17.7 Å². The molecule has 0 bridgehead atoms. The van der Waals surface area contributed by atoms with Gasteiger partial charge in [0.05, 0.1) is 0 Å². The molecule has 0 saturated carbocycles. The summed E-state index contributed by atoms with van der Waals surface area (Å²) in [6.07, 6.45) is 7.85. The molecule has 1 nitrogen and oxygen atoms in total. The second kappa shape index (κ2) is 11.2. The van der Waals surface area contributed by atoms with Gasteiger partial charge in [0.2, 0.25) is 0 Å². The van der Waals surface area contributed by atoms with Crippen molar-refractivity contribution in [3.05, 3.63) is 12.2 Å². The Balaban J connectivity index is 4.80. The van der Waals surface area contributed by atoms with Gasteiger partial charge in [0.25, 0.3) is 0 Å². The summed E-state index contributed by atoms with van der Waals surface area (Å²) < 4.78 is 5.76. The molecule has 0 heterocycles. The Kier molecular flexibility index (Phi) is 11.5. The van der Waals surface area contributed by atoms with Gasteiger partial charge in [-0.1, -0.05) is 0 Å². The van der Waals surface area contributed by atoms with Crippen LogP contribution in [0.15, 0.2) is 12.2 Å². The molecule has 2 heteroatoms. The summed E-state index contributed by atoms with van der Waals surface area (Å²) in [5, 5.41) is 9.79. The van der Waals surface area contributed by atoms with Crippen LogP contribution < -0.4 is 0 Å². The fraction of sp³-hybridized carbons (Fsp3) is 0.882. The van der Waals surface area contributed by atoms with Crippen LogP contribution in [0, 0.1) is 0 Å². The molecule has 114 valence electrons. The van der Waals surface area contributed by atoms with Gasteiger partial charge in [0.1, 0.15) is 0 Å². The van der Waals surface area contributed by atoms with Crippen LogP contribution in [0.25, 0.3) is 0 Å². The van der Waals surface area contributed by atoms with E-state index in [1.807, 2.05) is 6.92 Å². The minimum absolute atomic E-state index is 0.305. The molecule has 0 aliphatic rings. The fourth-order valence-electron chi connectivity index (χ4n) is 2.92. The van der Waals surface area contributed by atoms with Gasteiger partial charge in [-0.2, -0.15) is 0 Å². The second-order valence-corrected chi connectivity index (χ2v) is 20.2. The van der Waals surface area contributed by atoms with Crippen LogP contribution in [0.1, 0.15) is 66.2 Å². The van der Waals surface area contributed by atoms with Crippen molar-refractivity contribution in [3.63, 3.8) is 0 Å². The second-order valence-electron chi connectivity index (χ2n) is 6.32. The molecule has 0 amide bonds. The van der Waals surface area contributed by atoms with Crippen molar-refractivity contribution in [2.24, 2.45) is 0 Å². The molecule has 0 aromatic heterocycles. The first-order valence-electron chi connectivity index (χ1n) is 8.37. The van der Waals surface area contributed by atoms with Crippen LogP contribution >= 0.6 is 0 Å². The molecule has 0 saturated heterocycles. The number of hydrogen-bond donors (Lipinski definition) is 1. The molecular formula is C17H36OSn. The molecule has 0 rings (SSSR count). The molecule has 0 aromatic carbocycles. The van der Waals surface area contributed by atoms with E-state index in [0.29, 0.717) is 0 Å². The molecule has 1 atom stereocenters. The normalized spacial score (nSPS) is 13.5. The van der Waals surface area contributed by atoms with Crippen LogP contribution in [0.4, 0.5) is 0 Å². The summed E-state index contributed by atoms with van der Waals surface area (Å²) >= 11 is -2.08. The summed E-state index contributed by atoms with van der Waals surface area (Å²) in [4.78, 5) is 0. The molecule has 0 unspecified atom stereocenters. The Morgan fingerprint density at radius 3 is 1.58 bits per heavy atom. The van der Waals surface area contributed by atoms with Crippen molar-refractivity contribution in [1.82, 2.24) is 0 Å². The molecule has 0 aromatic rings. The van der Waals surface area contributed by atoms with E-state index in [4.69, 9.17) is 0 Å². The topological polar surface area (TPSA) is 20.2 Å². The summed E-state index contributed by atoms with van der Waals surface area (Å²) in [6.45, 7) is 13.0. The van der Waals surface area contributed by atoms with Crippen molar-refractivity contribution >= 4 is 18.4 Å². The third-order valence-corrected chi connectivity index (χ3v) is 19.9. The van der Waals surface area contributed by atoms with E-state index in [0.717, 1.165) is 5.57 Å². The van der Waals surface area contributed by atoms with Crippen LogP contribution in [0.3, 0.4) is 0 Å². The SMILES string of the molecule is C=C([CH2][Sn]([CH2]CCC)([CH2]CCC)[CH2]CCC)[C@@H](C)O. The third kappa shape index (κ3) is 8.39. The summed E-state index contributed by atoms with van der Waals surface area (Å²) in [5.74, 6) is 0. The fourth-order valence-corrected chi connectivity index (χ4v) is 19.6. The van der Waals surface area contributed by atoms with E-state index < -0.39 is 18.4 Å². The number of aliphatic hydroxyl groups is 1. The van der Waals surface area contributed by atoms with Crippen molar-refractivity contribution in [2.45, 2.75) is 90.1 Å². The van der Waals surface area contributed by atoms with Crippen molar-refractivity contribution in [1.29, 1.82) is 0 Å². The van der Waals surface area contributed by atoms with Crippen molar-refractivity contribution in [3.8, 4) is 0 Å². The van der Waals surface area contributed by atoms with Gasteiger partial charge in [-0.3, -0.25) is 0 Å². The van der Waals surface area contributed by atoms with Gasteiger partial charge >= 0.3 is 126 Å². The number of hydrogen-bond acceptors (Lipinski definition) is 1. The molecule has 19 heavy (non-hydrogen) atoms. The maximum absolute atomic E-state index is 9.79. The molecule has 1 N–H and O–H groups in total. The third-order valence-electron chi connectivity index (χ3n) is 4.37. The zero-order valence-electron chi connectivity index (χ0n) is 13.8. The predicted molar refractivity (Wildman–Crippen MR) is 90.5 cm³/mol. The standard InChI is InChI=1S/C5H9O.3C4H9.Sn/c1-4(2)5(3)6;3*1-3-4-2;/h5-6H,1-2H2,3H3;3*1,3-4H2,2H3;/t5-;;;;/m1..../s1. The van der Waals surface area contributed by atoms with E-state index in [2.05, 4.69) is 27.4 Å². The summed E-state index contributed by atoms with van der Waals surface area (Å²) in [5.41, 5.74) is 1.12. The van der Waals surface area contributed by atoms with Crippen LogP contribution in [-0.4, -0.2) is 29.6 Å². The summed E-state index contributed by atoms with van der Waals surface area (Å²) in [6, 6.07) is 0. The average Bonchev–Trinajstić information content (AvgIpc) is 2.40. The van der Waals surface area contributed by atoms with Gasteiger partial charge in [-0.15, -0.1) is 0 Å². The molecule has 0 fully saturated rings. The van der Waals surface area contributed by atoms with Crippen LogP contribution in [-0.2, 0) is 0 Å². The Morgan fingerprint density at radius 1 is 0.947 bits per heavy atom. The predicted octanol–water partition coefficient (Wildman–Crippen LogP) is 5.77. The Morgan fingerprint density at radius 2 is 1.32 bits per heavy atom. The van der Waals surface area contributed by atoms with Crippen molar-refractivity contribution < 1.29 is 5.11 Å². The first kappa shape index (κ1) is 19.5. The molecule has 0 radical (unpaired) electrons. The average molecular weight is 375 g/mol. The molecule has 0 aliphatic carbocycles. The molecule has 0 aliphatic heterocycles. The molecular weight excluding hydrogens is 339 g/mol. The van der Waals surface area contributed by atoms with Crippen molar-refractivity contribution in [2.75, 3.05) is 0 Å². The van der Waals surface area contributed by atoms with Gasteiger partial charge in [0.15, 0.2) is 0 Å². The quantitative estimate of drug-likeness (QED) is 0.339. The number of aliphatic hydroxyl groups excluding tert-OH is 1. The van der Waals surface area contributed by atoms with Gasteiger partial charge in [0, 0.05) is 0 Å². The van der Waals surface area contributed by atoms with E-state index in [-0.39, 0.29) is 6.10 Å². The summed E-state index contributed by atoms with van der Waals surface area (Å²) in [7, 11) is 0. The molecule has 0 spiro atoms. The maximum atomic E-state index is 9.79. The van der Waals surface area contributed by atoms with E-state index in [1.54, 1.807) is 0 Å². The Hall–Kier alpha value is 0.499. The monoisotopic (exact) mass is 376 g/mol. The minimum atomic E-state index is -2.08. The first-order valence-corrected chi connectivity index (χ1v) is 16.4. The van der Waals surface area contributed by atoms with Gasteiger partial charge < -0.3 is 0 Å². The number of unbranched alkanes of at least 4 members (excludes halogenated alkanes) is 3. The Labute approximate surface area is 125 Å².